The number of amides is 2. The summed E-state index contributed by atoms with van der Waals surface area (Å²) in [5, 5.41) is 3.42. The molecule has 0 unspecified atom stereocenters. The fraction of sp³-hybridized carbons (Fsp3) is 0.235. The maximum atomic E-state index is 14.4. The minimum Gasteiger partial charge on any atom is -0.354 e. The molecule has 1 N–H and O–H groups in total. The lowest BCUT2D eigenvalue weighted by molar-refractivity contribution is -0.140. The van der Waals surface area contributed by atoms with Crippen LogP contribution < -0.4 is 9.62 Å². The van der Waals surface area contributed by atoms with Gasteiger partial charge in [-0.3, -0.25) is 13.9 Å². The maximum Gasteiger partial charge on any atom is 0.264 e. The van der Waals surface area contributed by atoms with Gasteiger partial charge in [0, 0.05) is 29.0 Å². The normalized spacial score (nSPS) is 12.0. The molecular formula is C34H35BrClN3O4S. The Kier molecular flexibility index (Phi) is 11.6. The van der Waals surface area contributed by atoms with E-state index in [2.05, 4.69) is 21.2 Å². The minimum atomic E-state index is -4.16. The van der Waals surface area contributed by atoms with Gasteiger partial charge in [0.25, 0.3) is 10.0 Å². The molecule has 0 bridgehead atoms. The number of anilines is 1. The van der Waals surface area contributed by atoms with E-state index in [-0.39, 0.29) is 29.7 Å². The van der Waals surface area contributed by atoms with Gasteiger partial charge < -0.3 is 10.2 Å². The van der Waals surface area contributed by atoms with Gasteiger partial charge in [0.05, 0.1) is 10.6 Å². The summed E-state index contributed by atoms with van der Waals surface area (Å²) < 4.78 is 29.9. The smallest absolute Gasteiger partial charge is 0.264 e. The molecule has 4 aromatic carbocycles. The first-order valence-electron chi connectivity index (χ1n) is 14.2. The van der Waals surface area contributed by atoms with Crippen LogP contribution in [0.25, 0.3) is 0 Å². The van der Waals surface area contributed by atoms with E-state index in [4.69, 9.17) is 11.6 Å². The molecule has 0 spiro atoms. The molecule has 0 aliphatic carbocycles. The van der Waals surface area contributed by atoms with E-state index in [1.165, 1.54) is 17.0 Å². The Balaban J connectivity index is 1.79. The molecule has 0 radical (unpaired) electrons. The summed E-state index contributed by atoms with van der Waals surface area (Å²) in [6.07, 6.45) is 0.227. The number of halogens is 2. The van der Waals surface area contributed by atoms with E-state index >= 15 is 0 Å². The van der Waals surface area contributed by atoms with Crippen LogP contribution in [0.15, 0.2) is 119 Å². The van der Waals surface area contributed by atoms with Crippen molar-refractivity contribution in [3.05, 3.63) is 130 Å². The summed E-state index contributed by atoms with van der Waals surface area (Å²) in [6, 6.07) is 30.3. The van der Waals surface area contributed by atoms with Crippen molar-refractivity contribution in [3.63, 3.8) is 0 Å². The van der Waals surface area contributed by atoms with Crippen molar-refractivity contribution in [1.82, 2.24) is 10.2 Å². The maximum absolute atomic E-state index is 14.4. The number of nitrogens with zero attached hydrogens (tertiary/aromatic N) is 2. The second-order valence-corrected chi connectivity index (χ2v) is 13.9. The third kappa shape index (κ3) is 8.71. The molecule has 230 valence electrons. The van der Waals surface area contributed by atoms with Crippen molar-refractivity contribution < 1.29 is 18.0 Å². The van der Waals surface area contributed by atoms with Crippen LogP contribution in [-0.4, -0.2) is 44.3 Å². The molecule has 2 amide bonds. The van der Waals surface area contributed by atoms with Crippen LogP contribution in [0.2, 0.25) is 5.02 Å². The van der Waals surface area contributed by atoms with Crippen molar-refractivity contribution in [2.45, 2.75) is 37.8 Å². The predicted octanol–water partition coefficient (Wildman–Crippen LogP) is 6.71. The van der Waals surface area contributed by atoms with Crippen molar-refractivity contribution in [2.75, 3.05) is 17.4 Å². The summed E-state index contributed by atoms with van der Waals surface area (Å²) in [7, 11) is -4.16. The molecule has 4 aromatic rings. The number of hydrogen-bond acceptors (Lipinski definition) is 4. The number of nitrogens with one attached hydrogen (secondary N) is 1. The van der Waals surface area contributed by atoms with E-state index in [1.54, 1.807) is 60.7 Å². The first-order chi connectivity index (χ1) is 21.1. The summed E-state index contributed by atoms with van der Waals surface area (Å²) in [6.45, 7) is 3.87. The topological polar surface area (TPSA) is 86.8 Å². The van der Waals surface area contributed by atoms with Gasteiger partial charge in [-0.15, -0.1) is 0 Å². The number of rotatable bonds is 13. The fourth-order valence-electron chi connectivity index (χ4n) is 4.64. The largest absolute Gasteiger partial charge is 0.354 e. The zero-order valence-corrected chi connectivity index (χ0v) is 27.7. The first kappa shape index (κ1) is 33.2. The van der Waals surface area contributed by atoms with E-state index in [0.717, 1.165) is 14.3 Å². The molecule has 0 heterocycles. The molecule has 0 saturated heterocycles. The van der Waals surface area contributed by atoms with Gasteiger partial charge in [-0.05, 0) is 59.5 Å². The zero-order valence-electron chi connectivity index (χ0n) is 24.6. The SMILES string of the molecule is CC(C)CNC(=O)[C@H](Cc1ccccc1)N(Cc1ccccc1Cl)C(=O)CN(c1ccc(Br)cc1)S(=O)(=O)c1ccccc1. The summed E-state index contributed by atoms with van der Waals surface area (Å²) >= 11 is 9.94. The number of sulfonamides is 1. The van der Waals surface area contributed by atoms with Gasteiger partial charge in [0.15, 0.2) is 0 Å². The van der Waals surface area contributed by atoms with Crippen LogP contribution >= 0.6 is 27.5 Å². The van der Waals surface area contributed by atoms with Crippen molar-refractivity contribution in [2.24, 2.45) is 5.92 Å². The van der Waals surface area contributed by atoms with Gasteiger partial charge in [0.2, 0.25) is 11.8 Å². The number of carbonyl (C=O) groups is 2. The molecule has 4 rings (SSSR count). The summed E-state index contributed by atoms with van der Waals surface area (Å²) in [5.41, 5.74) is 1.81. The molecule has 0 aliphatic rings. The van der Waals surface area contributed by atoms with E-state index < -0.39 is 28.5 Å². The van der Waals surface area contributed by atoms with Gasteiger partial charge in [-0.25, -0.2) is 8.42 Å². The van der Waals surface area contributed by atoms with Gasteiger partial charge in [0.1, 0.15) is 12.6 Å². The van der Waals surface area contributed by atoms with Crippen LogP contribution in [0.1, 0.15) is 25.0 Å². The van der Waals surface area contributed by atoms with Crippen molar-refractivity contribution in [3.8, 4) is 0 Å². The first-order valence-corrected chi connectivity index (χ1v) is 16.8. The number of benzene rings is 4. The highest BCUT2D eigenvalue weighted by molar-refractivity contribution is 9.10. The molecule has 0 aliphatic heterocycles. The fourth-order valence-corrected chi connectivity index (χ4v) is 6.54. The lowest BCUT2D eigenvalue weighted by atomic mass is 10.0. The molecule has 10 heteroatoms. The molecule has 0 aromatic heterocycles. The Bertz CT molecular complexity index is 1650. The Morgan fingerprint density at radius 2 is 1.43 bits per heavy atom. The second kappa shape index (κ2) is 15.4. The summed E-state index contributed by atoms with van der Waals surface area (Å²) in [4.78, 5) is 29.7. The quantitative estimate of drug-likeness (QED) is 0.168. The molecule has 0 saturated carbocycles. The monoisotopic (exact) mass is 695 g/mol. The summed E-state index contributed by atoms with van der Waals surface area (Å²) in [5.74, 6) is -0.690. The number of carbonyl (C=O) groups excluding carboxylic acids is 2. The van der Waals surface area contributed by atoms with Crippen LogP contribution in [0.5, 0.6) is 0 Å². The van der Waals surface area contributed by atoms with Gasteiger partial charge in [-0.2, -0.15) is 0 Å². The third-order valence-electron chi connectivity index (χ3n) is 6.98. The Morgan fingerprint density at radius 1 is 0.841 bits per heavy atom. The molecule has 0 fully saturated rings. The van der Waals surface area contributed by atoms with Gasteiger partial charge in [-0.1, -0.05) is 108 Å². The zero-order chi connectivity index (χ0) is 31.7. The average molecular weight is 697 g/mol. The van der Waals surface area contributed by atoms with E-state index in [0.29, 0.717) is 22.8 Å². The highest BCUT2D eigenvalue weighted by Crippen LogP contribution is 2.27. The van der Waals surface area contributed by atoms with Crippen LogP contribution in [-0.2, 0) is 32.6 Å². The van der Waals surface area contributed by atoms with E-state index in [9.17, 15) is 18.0 Å². The Morgan fingerprint density at radius 3 is 2.05 bits per heavy atom. The lowest BCUT2D eigenvalue weighted by Crippen LogP contribution is -2.53. The second-order valence-electron chi connectivity index (χ2n) is 10.8. The average Bonchev–Trinajstić information content (AvgIpc) is 3.02. The Labute approximate surface area is 273 Å². The Hall–Kier alpha value is -3.66. The molecule has 7 nitrogen and oxygen atoms in total. The van der Waals surface area contributed by atoms with E-state index in [1.807, 2.05) is 50.2 Å². The van der Waals surface area contributed by atoms with Crippen molar-refractivity contribution in [1.29, 1.82) is 0 Å². The van der Waals surface area contributed by atoms with Crippen molar-refractivity contribution >= 4 is 55.1 Å². The van der Waals surface area contributed by atoms with Crippen LogP contribution in [0.3, 0.4) is 0 Å². The predicted molar refractivity (Wildman–Crippen MR) is 179 cm³/mol. The standard InChI is InChI=1S/C34H35BrClN3O4S/c1-25(2)22-37-34(41)32(21-26-11-5-3-6-12-26)38(23-27-13-9-10-16-31(27)36)33(40)24-39(29-19-17-28(35)18-20-29)44(42,43)30-14-7-4-8-15-30/h3-20,25,32H,21-24H2,1-2H3,(H,37,41)/t32-/m0/s1. The van der Waals surface area contributed by atoms with Crippen LogP contribution in [0, 0.1) is 5.92 Å². The number of hydrogen-bond donors (Lipinski definition) is 1. The highest BCUT2D eigenvalue weighted by Gasteiger charge is 2.34. The molecule has 44 heavy (non-hydrogen) atoms. The highest BCUT2D eigenvalue weighted by atomic mass is 79.9. The third-order valence-corrected chi connectivity index (χ3v) is 9.66. The van der Waals surface area contributed by atoms with Crippen LogP contribution in [0.4, 0.5) is 5.69 Å². The molecule has 1 atom stereocenters. The molecular weight excluding hydrogens is 662 g/mol. The van der Waals surface area contributed by atoms with Gasteiger partial charge >= 0.3 is 0 Å². The minimum absolute atomic E-state index is 0.00463. The lowest BCUT2D eigenvalue weighted by Gasteiger charge is -2.34.